The highest BCUT2D eigenvalue weighted by Crippen LogP contribution is 2.48. The van der Waals surface area contributed by atoms with Crippen LogP contribution in [-0.2, 0) is 9.53 Å². The number of rotatable bonds is 6. The number of nitrogens with one attached hydrogen (secondary N) is 1. The van der Waals surface area contributed by atoms with Gasteiger partial charge in [-0.1, -0.05) is 42.5 Å². The maximum Gasteiger partial charge on any atom is 0.341 e. The minimum atomic E-state index is -0.501. The third-order valence-electron chi connectivity index (χ3n) is 5.02. The molecule has 1 aromatic heterocycles. The van der Waals surface area contributed by atoms with Crippen molar-refractivity contribution in [1.29, 1.82) is 0 Å². The van der Waals surface area contributed by atoms with E-state index in [-0.39, 0.29) is 30.2 Å². The fourth-order valence-electron chi connectivity index (χ4n) is 3.46. The number of benzene rings is 2. The van der Waals surface area contributed by atoms with Crippen molar-refractivity contribution < 1.29 is 18.7 Å². The second-order valence-corrected chi connectivity index (χ2v) is 7.81. The van der Waals surface area contributed by atoms with Gasteiger partial charge in [0.25, 0.3) is 0 Å². The van der Waals surface area contributed by atoms with Crippen LogP contribution < -0.4 is 5.32 Å². The highest BCUT2D eigenvalue weighted by atomic mass is 32.1. The second-order valence-electron chi connectivity index (χ2n) is 6.93. The molecule has 4 nitrogen and oxygen atoms in total. The Kier molecular flexibility index (Phi) is 5.45. The Morgan fingerprint density at radius 3 is 2.55 bits per heavy atom. The van der Waals surface area contributed by atoms with Gasteiger partial charge in [-0.15, -0.1) is 11.3 Å². The molecule has 3 aromatic rings. The molecule has 0 aliphatic heterocycles. The third kappa shape index (κ3) is 4.07. The van der Waals surface area contributed by atoms with Crippen molar-refractivity contribution in [3.63, 3.8) is 0 Å². The molecule has 1 amide bonds. The Labute approximate surface area is 172 Å². The zero-order valence-corrected chi connectivity index (χ0v) is 16.7. The van der Waals surface area contributed by atoms with Crippen LogP contribution in [-0.4, -0.2) is 18.5 Å². The summed E-state index contributed by atoms with van der Waals surface area (Å²) in [5.74, 6) is -0.853. The molecule has 1 saturated carbocycles. The summed E-state index contributed by atoms with van der Waals surface area (Å²) in [6.45, 7) is 1.96. The number of thiophene rings is 1. The van der Waals surface area contributed by atoms with E-state index in [0.29, 0.717) is 21.7 Å². The Bertz CT molecular complexity index is 1030. The molecule has 0 bridgehead atoms. The van der Waals surface area contributed by atoms with Crippen LogP contribution >= 0.6 is 11.3 Å². The molecular formula is C23H20FNO3S. The SMILES string of the molecule is CCOC(=O)c1c(-c2ccc(F)cc2)csc1NC(=O)[C@H]1C[C@H]1c1ccccc1. The van der Waals surface area contributed by atoms with E-state index in [4.69, 9.17) is 4.74 Å². The zero-order valence-electron chi connectivity index (χ0n) is 15.9. The van der Waals surface area contributed by atoms with Gasteiger partial charge in [0.05, 0.1) is 6.61 Å². The Balaban J connectivity index is 1.58. The number of esters is 1. The first-order chi connectivity index (χ1) is 14.1. The van der Waals surface area contributed by atoms with Crippen molar-refractivity contribution in [3.05, 3.63) is 76.9 Å². The third-order valence-corrected chi connectivity index (χ3v) is 5.91. The molecule has 1 heterocycles. The quantitative estimate of drug-likeness (QED) is 0.549. The van der Waals surface area contributed by atoms with Crippen LogP contribution in [0.4, 0.5) is 9.39 Å². The number of halogens is 1. The van der Waals surface area contributed by atoms with E-state index < -0.39 is 5.97 Å². The summed E-state index contributed by atoms with van der Waals surface area (Å²) in [7, 11) is 0. The van der Waals surface area contributed by atoms with Gasteiger partial charge in [-0.3, -0.25) is 4.79 Å². The van der Waals surface area contributed by atoms with Gasteiger partial charge in [0.2, 0.25) is 5.91 Å². The van der Waals surface area contributed by atoms with Crippen molar-refractivity contribution in [3.8, 4) is 11.1 Å². The Morgan fingerprint density at radius 1 is 1.14 bits per heavy atom. The predicted molar refractivity (Wildman–Crippen MR) is 112 cm³/mol. The molecule has 29 heavy (non-hydrogen) atoms. The first-order valence-corrected chi connectivity index (χ1v) is 10.4. The summed E-state index contributed by atoms with van der Waals surface area (Å²) in [5, 5.41) is 5.17. The highest BCUT2D eigenvalue weighted by Gasteiger charge is 2.44. The summed E-state index contributed by atoms with van der Waals surface area (Å²) in [6.07, 6.45) is 0.792. The first-order valence-electron chi connectivity index (χ1n) is 9.48. The topological polar surface area (TPSA) is 55.4 Å². The lowest BCUT2D eigenvalue weighted by atomic mass is 10.0. The van der Waals surface area contributed by atoms with Crippen LogP contribution in [0, 0.1) is 11.7 Å². The van der Waals surface area contributed by atoms with Crippen LogP contribution in [0.15, 0.2) is 60.0 Å². The van der Waals surface area contributed by atoms with Gasteiger partial charge in [-0.05, 0) is 42.5 Å². The number of hydrogen-bond acceptors (Lipinski definition) is 4. The lowest BCUT2D eigenvalue weighted by Crippen LogP contribution is -2.16. The molecule has 2 aromatic carbocycles. The molecule has 1 aliphatic carbocycles. The standard InChI is InChI=1S/C23H20FNO3S/c1-2-28-23(27)20-19(15-8-10-16(24)11-9-15)13-29-22(20)25-21(26)18-12-17(18)14-6-4-3-5-7-14/h3-11,13,17-18H,2,12H2,1H3,(H,25,26)/t17-,18-/m0/s1. The Hall–Kier alpha value is -2.99. The molecule has 1 aliphatic rings. The molecule has 1 N–H and O–H groups in total. The van der Waals surface area contributed by atoms with Crippen LogP contribution in [0.5, 0.6) is 0 Å². The van der Waals surface area contributed by atoms with Crippen molar-refractivity contribution in [2.45, 2.75) is 19.3 Å². The number of carbonyl (C=O) groups excluding carboxylic acids is 2. The van der Waals surface area contributed by atoms with Gasteiger partial charge in [0.1, 0.15) is 16.4 Å². The predicted octanol–water partition coefficient (Wildman–Crippen LogP) is 5.47. The normalized spacial score (nSPS) is 17.6. The number of anilines is 1. The minimum absolute atomic E-state index is 0.100. The molecule has 4 rings (SSSR count). The number of amides is 1. The lowest BCUT2D eigenvalue weighted by Gasteiger charge is -2.09. The first kappa shape index (κ1) is 19.3. The van der Waals surface area contributed by atoms with Crippen molar-refractivity contribution in [1.82, 2.24) is 0 Å². The molecule has 0 spiro atoms. The van der Waals surface area contributed by atoms with Gasteiger partial charge in [0, 0.05) is 16.9 Å². The molecule has 1 fully saturated rings. The van der Waals surface area contributed by atoms with E-state index in [1.165, 1.54) is 23.5 Å². The molecule has 148 valence electrons. The number of hydrogen-bond donors (Lipinski definition) is 1. The summed E-state index contributed by atoms with van der Waals surface area (Å²) in [6, 6.07) is 15.8. The van der Waals surface area contributed by atoms with Gasteiger partial charge >= 0.3 is 5.97 Å². The van der Waals surface area contributed by atoms with Gasteiger partial charge in [-0.25, -0.2) is 9.18 Å². The van der Waals surface area contributed by atoms with Crippen LogP contribution in [0.1, 0.15) is 35.2 Å². The molecule has 6 heteroatoms. The average Bonchev–Trinajstić information content (AvgIpc) is 3.43. The fraction of sp³-hybridized carbons (Fsp3) is 0.217. The minimum Gasteiger partial charge on any atom is -0.462 e. The van der Waals surface area contributed by atoms with E-state index in [1.54, 1.807) is 24.4 Å². The largest absolute Gasteiger partial charge is 0.462 e. The maximum atomic E-state index is 13.3. The van der Waals surface area contributed by atoms with E-state index >= 15 is 0 Å². The lowest BCUT2D eigenvalue weighted by molar-refractivity contribution is -0.117. The average molecular weight is 409 g/mol. The second kappa shape index (κ2) is 8.17. The van der Waals surface area contributed by atoms with Gasteiger partial charge in [0.15, 0.2) is 0 Å². The van der Waals surface area contributed by atoms with E-state index in [0.717, 1.165) is 12.0 Å². The van der Waals surface area contributed by atoms with Crippen molar-refractivity contribution in [2.24, 2.45) is 5.92 Å². The van der Waals surface area contributed by atoms with Crippen LogP contribution in [0.2, 0.25) is 0 Å². The number of carbonyl (C=O) groups is 2. The molecule has 0 unspecified atom stereocenters. The molecule has 0 saturated heterocycles. The summed E-state index contributed by atoms with van der Waals surface area (Å²) in [4.78, 5) is 25.4. The molecule has 2 atom stereocenters. The van der Waals surface area contributed by atoms with Crippen LogP contribution in [0.25, 0.3) is 11.1 Å². The smallest absolute Gasteiger partial charge is 0.341 e. The van der Waals surface area contributed by atoms with E-state index in [1.807, 2.05) is 30.3 Å². The Morgan fingerprint density at radius 2 is 1.86 bits per heavy atom. The molecule has 0 radical (unpaired) electrons. The van der Waals surface area contributed by atoms with E-state index in [2.05, 4.69) is 5.32 Å². The zero-order chi connectivity index (χ0) is 20.4. The van der Waals surface area contributed by atoms with E-state index in [9.17, 15) is 14.0 Å². The van der Waals surface area contributed by atoms with Crippen molar-refractivity contribution >= 4 is 28.2 Å². The maximum absolute atomic E-state index is 13.3. The molecular weight excluding hydrogens is 389 g/mol. The van der Waals surface area contributed by atoms with Crippen LogP contribution in [0.3, 0.4) is 0 Å². The summed E-state index contributed by atoms with van der Waals surface area (Å²) in [5.41, 5.74) is 2.78. The van der Waals surface area contributed by atoms with Gasteiger partial charge in [-0.2, -0.15) is 0 Å². The summed E-state index contributed by atoms with van der Waals surface area (Å²) < 4.78 is 18.5. The highest BCUT2D eigenvalue weighted by molar-refractivity contribution is 7.15. The summed E-state index contributed by atoms with van der Waals surface area (Å²) >= 11 is 1.27. The monoisotopic (exact) mass is 409 g/mol. The van der Waals surface area contributed by atoms with Crippen molar-refractivity contribution in [2.75, 3.05) is 11.9 Å². The number of ether oxygens (including phenoxy) is 1. The van der Waals surface area contributed by atoms with Gasteiger partial charge < -0.3 is 10.1 Å². The fourth-order valence-corrected chi connectivity index (χ4v) is 4.42.